The number of nitrogens with one attached hydrogen (secondary N) is 2. The number of halogens is 1. The molecule has 5 rings (SSSR count). The summed E-state index contributed by atoms with van der Waals surface area (Å²) in [5.41, 5.74) is 4.38. The van der Waals surface area contributed by atoms with Gasteiger partial charge in [0, 0.05) is 32.5 Å². The Labute approximate surface area is 232 Å². The normalized spacial score (nSPS) is 10.9. The highest BCUT2D eigenvalue weighted by atomic mass is 35.5. The van der Waals surface area contributed by atoms with Crippen LogP contribution in [0.5, 0.6) is 5.75 Å². The number of para-hydroxylation sites is 1. The van der Waals surface area contributed by atoms with Gasteiger partial charge >= 0.3 is 5.97 Å². The molecule has 0 fully saturated rings. The Kier molecular flexibility index (Phi) is 7.77. The number of carbonyl (C=O) groups is 3. The summed E-state index contributed by atoms with van der Waals surface area (Å²) in [4.78, 5) is 38.0. The zero-order chi connectivity index (χ0) is 27.2. The number of benzene rings is 4. The summed E-state index contributed by atoms with van der Waals surface area (Å²) in [6, 6.07) is 29.5. The fourth-order valence-corrected chi connectivity index (χ4v) is 5.08. The standard InChI is InChI=1S/C30H20ClN3O4S/c31-26-23-11-5-7-13-25(23)39-27(26)30(37)38-24-12-6-4-10-21(24)18-32-34-29(36)20-14-16-22(17-15-20)33-28(35)19-8-2-1-3-9-19/h1-18H,(H,33,35)(H,34,36)/b32-18-. The molecule has 39 heavy (non-hydrogen) atoms. The molecule has 0 aliphatic heterocycles. The summed E-state index contributed by atoms with van der Waals surface area (Å²) in [7, 11) is 0. The molecule has 0 aliphatic carbocycles. The van der Waals surface area contributed by atoms with E-state index < -0.39 is 11.9 Å². The Bertz CT molecular complexity index is 1700. The van der Waals surface area contributed by atoms with Crippen LogP contribution in [-0.4, -0.2) is 24.0 Å². The molecule has 7 nitrogen and oxygen atoms in total. The molecule has 0 saturated carbocycles. The molecule has 0 spiro atoms. The van der Waals surface area contributed by atoms with Crippen LogP contribution >= 0.6 is 22.9 Å². The first-order valence-corrected chi connectivity index (χ1v) is 13.0. The number of rotatable bonds is 7. The Morgan fingerprint density at radius 2 is 1.44 bits per heavy atom. The molecule has 1 heterocycles. The molecule has 2 amide bonds. The first-order valence-electron chi connectivity index (χ1n) is 11.8. The van der Waals surface area contributed by atoms with Gasteiger partial charge in [0.15, 0.2) is 0 Å². The molecule has 192 valence electrons. The van der Waals surface area contributed by atoms with Crippen LogP contribution < -0.4 is 15.5 Å². The number of hydrazone groups is 1. The van der Waals surface area contributed by atoms with Gasteiger partial charge < -0.3 is 10.1 Å². The minimum absolute atomic E-state index is 0.244. The molecule has 9 heteroatoms. The smallest absolute Gasteiger partial charge is 0.355 e. The Morgan fingerprint density at radius 3 is 2.21 bits per heavy atom. The van der Waals surface area contributed by atoms with Crippen molar-refractivity contribution in [3.8, 4) is 5.75 Å². The number of anilines is 1. The van der Waals surface area contributed by atoms with E-state index in [0.29, 0.717) is 32.3 Å². The van der Waals surface area contributed by atoms with E-state index in [0.717, 1.165) is 10.1 Å². The van der Waals surface area contributed by atoms with E-state index in [4.69, 9.17) is 16.3 Å². The van der Waals surface area contributed by atoms with Gasteiger partial charge in [-0.05, 0) is 54.6 Å². The molecule has 4 aromatic carbocycles. The maximum absolute atomic E-state index is 12.9. The van der Waals surface area contributed by atoms with E-state index in [1.807, 2.05) is 30.3 Å². The second kappa shape index (κ2) is 11.7. The number of ether oxygens (including phenoxy) is 1. The Hall–Kier alpha value is -4.79. The van der Waals surface area contributed by atoms with Gasteiger partial charge in [-0.1, -0.05) is 60.1 Å². The van der Waals surface area contributed by atoms with Gasteiger partial charge in [-0.25, -0.2) is 10.2 Å². The molecule has 2 N–H and O–H groups in total. The summed E-state index contributed by atoms with van der Waals surface area (Å²) in [5.74, 6) is -0.997. The van der Waals surface area contributed by atoms with Gasteiger partial charge in [-0.3, -0.25) is 9.59 Å². The fourth-order valence-electron chi connectivity index (χ4n) is 3.69. The third-order valence-corrected chi connectivity index (χ3v) is 7.31. The van der Waals surface area contributed by atoms with Gasteiger partial charge in [0.25, 0.3) is 11.8 Å². The average molecular weight is 554 g/mol. The monoisotopic (exact) mass is 553 g/mol. The summed E-state index contributed by atoms with van der Waals surface area (Å²) in [6.07, 6.45) is 1.39. The highest BCUT2D eigenvalue weighted by Crippen LogP contribution is 2.36. The van der Waals surface area contributed by atoms with Crippen LogP contribution in [-0.2, 0) is 0 Å². The van der Waals surface area contributed by atoms with Crippen molar-refractivity contribution in [3.63, 3.8) is 0 Å². The number of esters is 1. The van der Waals surface area contributed by atoms with Gasteiger partial charge in [0.2, 0.25) is 0 Å². The zero-order valence-corrected chi connectivity index (χ0v) is 21.8. The van der Waals surface area contributed by atoms with Crippen molar-refractivity contribution in [1.82, 2.24) is 5.43 Å². The number of amides is 2. The molecular weight excluding hydrogens is 534 g/mol. The summed E-state index contributed by atoms with van der Waals surface area (Å²) < 4.78 is 6.50. The summed E-state index contributed by atoms with van der Waals surface area (Å²) >= 11 is 7.67. The van der Waals surface area contributed by atoms with Crippen molar-refractivity contribution in [2.24, 2.45) is 5.10 Å². The zero-order valence-electron chi connectivity index (χ0n) is 20.3. The van der Waals surface area contributed by atoms with Crippen LogP contribution in [0.3, 0.4) is 0 Å². The van der Waals surface area contributed by atoms with Crippen LogP contribution in [0, 0.1) is 0 Å². The Balaban J connectivity index is 1.22. The van der Waals surface area contributed by atoms with Gasteiger partial charge in [-0.15, -0.1) is 11.3 Å². The molecule has 5 aromatic rings. The van der Waals surface area contributed by atoms with Crippen molar-refractivity contribution in [1.29, 1.82) is 0 Å². The molecule has 0 aliphatic rings. The van der Waals surface area contributed by atoms with Gasteiger partial charge in [-0.2, -0.15) is 5.10 Å². The topological polar surface area (TPSA) is 96.9 Å². The Morgan fingerprint density at radius 1 is 0.769 bits per heavy atom. The van der Waals surface area contributed by atoms with E-state index in [2.05, 4.69) is 15.8 Å². The van der Waals surface area contributed by atoms with Crippen LogP contribution in [0.1, 0.15) is 36.0 Å². The van der Waals surface area contributed by atoms with E-state index >= 15 is 0 Å². The van der Waals surface area contributed by atoms with Crippen LogP contribution in [0.4, 0.5) is 5.69 Å². The maximum atomic E-state index is 12.9. The van der Waals surface area contributed by atoms with Gasteiger partial charge in [0.1, 0.15) is 10.6 Å². The fraction of sp³-hybridized carbons (Fsp3) is 0. The molecule has 0 radical (unpaired) electrons. The molecule has 0 atom stereocenters. The van der Waals surface area contributed by atoms with E-state index in [-0.39, 0.29) is 11.7 Å². The molecule has 0 saturated heterocycles. The largest absolute Gasteiger partial charge is 0.422 e. The van der Waals surface area contributed by atoms with Crippen molar-refractivity contribution in [3.05, 3.63) is 130 Å². The molecule has 0 unspecified atom stereocenters. The first kappa shape index (κ1) is 25.8. The van der Waals surface area contributed by atoms with Gasteiger partial charge in [0.05, 0.1) is 11.2 Å². The predicted octanol–water partition coefficient (Wildman–Crippen LogP) is 6.79. The van der Waals surface area contributed by atoms with Crippen LogP contribution in [0.2, 0.25) is 5.02 Å². The van der Waals surface area contributed by atoms with Crippen molar-refractivity contribution in [2.75, 3.05) is 5.32 Å². The average Bonchev–Trinajstić information content (AvgIpc) is 3.31. The number of hydrogen-bond acceptors (Lipinski definition) is 6. The highest BCUT2D eigenvalue weighted by Gasteiger charge is 2.19. The van der Waals surface area contributed by atoms with Crippen LogP contribution in [0.25, 0.3) is 10.1 Å². The number of hydrogen-bond donors (Lipinski definition) is 2. The molecular formula is C30H20ClN3O4S. The van der Waals surface area contributed by atoms with Crippen molar-refractivity contribution < 1.29 is 19.1 Å². The lowest BCUT2D eigenvalue weighted by Crippen LogP contribution is -2.18. The van der Waals surface area contributed by atoms with E-state index in [1.54, 1.807) is 72.8 Å². The first-order chi connectivity index (χ1) is 19.0. The van der Waals surface area contributed by atoms with E-state index in [1.165, 1.54) is 17.6 Å². The molecule has 0 bridgehead atoms. The number of carbonyl (C=O) groups excluding carboxylic acids is 3. The van der Waals surface area contributed by atoms with Crippen molar-refractivity contribution >= 4 is 62.7 Å². The lowest BCUT2D eigenvalue weighted by molar-refractivity contribution is 0.0739. The number of thiophene rings is 1. The van der Waals surface area contributed by atoms with Crippen LogP contribution in [0.15, 0.2) is 108 Å². The van der Waals surface area contributed by atoms with Crippen molar-refractivity contribution in [2.45, 2.75) is 0 Å². The third kappa shape index (κ3) is 6.04. The third-order valence-electron chi connectivity index (χ3n) is 5.65. The number of fused-ring (bicyclic) bond motifs is 1. The minimum Gasteiger partial charge on any atom is -0.422 e. The number of nitrogens with zero attached hydrogens (tertiary/aromatic N) is 1. The summed E-state index contributed by atoms with van der Waals surface area (Å²) in [5, 5.41) is 7.94. The maximum Gasteiger partial charge on any atom is 0.355 e. The molecule has 1 aromatic heterocycles. The second-order valence-corrected chi connectivity index (χ2v) is 9.70. The highest BCUT2D eigenvalue weighted by molar-refractivity contribution is 7.21. The SMILES string of the molecule is O=C(N/N=C\c1ccccc1OC(=O)c1sc2ccccc2c1Cl)c1ccc(NC(=O)c2ccccc2)cc1. The quantitative estimate of drug-likeness (QED) is 0.100. The van der Waals surface area contributed by atoms with E-state index in [9.17, 15) is 14.4 Å². The summed E-state index contributed by atoms with van der Waals surface area (Å²) in [6.45, 7) is 0. The lowest BCUT2D eigenvalue weighted by atomic mass is 10.1. The lowest BCUT2D eigenvalue weighted by Gasteiger charge is -2.07. The predicted molar refractivity (Wildman–Crippen MR) is 154 cm³/mol. The second-order valence-electron chi connectivity index (χ2n) is 8.27. The minimum atomic E-state index is -0.578.